The smallest absolute Gasteiger partial charge is 0.277 e. The third-order valence-electron chi connectivity index (χ3n) is 5.16. The molecule has 1 aliphatic rings. The number of aromatic nitrogens is 4. The number of nitrogens with zero attached hydrogens (tertiary/aromatic N) is 4. The molecule has 140 valence electrons. The minimum absolute atomic E-state index is 0.0474. The fourth-order valence-corrected chi connectivity index (χ4v) is 4.89. The number of carbonyl (C=O) groups is 1. The van der Waals surface area contributed by atoms with E-state index in [1.54, 1.807) is 25.2 Å². The maximum atomic E-state index is 12.8. The highest BCUT2D eigenvalue weighted by Gasteiger charge is 2.35. The molecule has 1 aliphatic heterocycles. The van der Waals surface area contributed by atoms with Crippen LogP contribution >= 0.6 is 11.8 Å². The monoisotopic (exact) mass is 383 g/mol. The van der Waals surface area contributed by atoms with Crippen molar-refractivity contribution in [3.63, 3.8) is 0 Å². The van der Waals surface area contributed by atoms with Gasteiger partial charge in [0.05, 0.1) is 17.3 Å². The van der Waals surface area contributed by atoms with E-state index in [0.29, 0.717) is 23.0 Å². The molecule has 0 aliphatic carbocycles. The van der Waals surface area contributed by atoms with Gasteiger partial charge in [-0.15, -0.1) is 5.10 Å². The maximum absolute atomic E-state index is 12.8. The van der Waals surface area contributed by atoms with E-state index in [1.165, 1.54) is 4.68 Å². The van der Waals surface area contributed by atoms with E-state index in [0.717, 1.165) is 24.3 Å². The lowest BCUT2D eigenvalue weighted by Gasteiger charge is -2.38. The van der Waals surface area contributed by atoms with E-state index in [-0.39, 0.29) is 17.0 Å². The van der Waals surface area contributed by atoms with Gasteiger partial charge in [0.15, 0.2) is 0 Å². The molecule has 0 bridgehead atoms. The van der Waals surface area contributed by atoms with Crippen LogP contribution in [0.25, 0.3) is 10.9 Å². The van der Waals surface area contributed by atoms with Crippen LogP contribution in [0.1, 0.15) is 19.3 Å². The highest BCUT2D eigenvalue weighted by atomic mass is 32.2. The SMILES string of the molecule is Cn1nnc2ccc(NC(=O)CC3(n4cccc4)CCSCC3)cc2c1=O. The van der Waals surface area contributed by atoms with Crippen LogP contribution in [0.2, 0.25) is 0 Å². The Morgan fingerprint density at radius 3 is 2.74 bits per heavy atom. The van der Waals surface area contributed by atoms with Crippen molar-refractivity contribution in [1.82, 2.24) is 19.6 Å². The standard InChI is InChI=1S/C19H21N5O2S/c1-23-18(26)15-12-14(4-5-16(15)21-22-23)20-17(25)13-19(6-10-27-11-7-19)24-8-2-3-9-24/h2-5,8-9,12H,6-7,10-11,13H2,1H3,(H,20,25). The Balaban J connectivity index is 1.57. The average molecular weight is 383 g/mol. The predicted molar refractivity (Wildman–Crippen MR) is 107 cm³/mol. The first-order chi connectivity index (χ1) is 13.1. The first kappa shape index (κ1) is 17.8. The molecule has 1 saturated heterocycles. The first-order valence-corrected chi connectivity index (χ1v) is 10.1. The lowest BCUT2D eigenvalue weighted by Crippen LogP contribution is -2.40. The second-order valence-corrected chi connectivity index (χ2v) is 8.13. The fraction of sp³-hybridized carbons (Fsp3) is 0.368. The van der Waals surface area contributed by atoms with Crippen molar-refractivity contribution in [3.8, 4) is 0 Å². The second-order valence-electron chi connectivity index (χ2n) is 6.90. The molecule has 0 spiro atoms. The molecule has 1 amide bonds. The average Bonchev–Trinajstić information content (AvgIpc) is 3.21. The number of amides is 1. The summed E-state index contributed by atoms with van der Waals surface area (Å²) in [5.41, 5.74) is 0.705. The summed E-state index contributed by atoms with van der Waals surface area (Å²) in [7, 11) is 1.56. The predicted octanol–water partition coefficient (Wildman–Crippen LogP) is 2.38. The Bertz CT molecular complexity index is 1020. The molecule has 0 atom stereocenters. The molecular weight excluding hydrogens is 362 g/mol. The minimum atomic E-state index is -0.232. The van der Waals surface area contributed by atoms with Gasteiger partial charge < -0.3 is 9.88 Å². The van der Waals surface area contributed by atoms with Gasteiger partial charge >= 0.3 is 0 Å². The highest BCUT2D eigenvalue weighted by Crippen LogP contribution is 2.37. The van der Waals surface area contributed by atoms with E-state index in [4.69, 9.17) is 0 Å². The Hall–Kier alpha value is -2.61. The molecule has 3 heterocycles. The summed E-state index contributed by atoms with van der Waals surface area (Å²) in [5.74, 6) is 2.06. The normalized spacial score (nSPS) is 16.3. The van der Waals surface area contributed by atoms with Crippen molar-refractivity contribution in [2.24, 2.45) is 7.05 Å². The van der Waals surface area contributed by atoms with Crippen LogP contribution in [0, 0.1) is 0 Å². The van der Waals surface area contributed by atoms with E-state index in [1.807, 2.05) is 36.3 Å². The van der Waals surface area contributed by atoms with Gasteiger partial charge in [-0.25, -0.2) is 4.68 Å². The maximum Gasteiger partial charge on any atom is 0.277 e. The number of fused-ring (bicyclic) bond motifs is 1. The molecule has 0 saturated carbocycles. The van der Waals surface area contributed by atoms with E-state index in [9.17, 15) is 9.59 Å². The van der Waals surface area contributed by atoms with E-state index < -0.39 is 0 Å². The van der Waals surface area contributed by atoms with Crippen LogP contribution in [-0.4, -0.2) is 37.0 Å². The van der Waals surface area contributed by atoms with Crippen molar-refractivity contribution < 1.29 is 4.79 Å². The number of benzene rings is 1. The summed E-state index contributed by atoms with van der Waals surface area (Å²) in [6.07, 6.45) is 6.43. The number of aryl methyl sites for hydroxylation is 1. The minimum Gasteiger partial charge on any atom is -0.348 e. The molecule has 27 heavy (non-hydrogen) atoms. The van der Waals surface area contributed by atoms with Crippen LogP contribution < -0.4 is 10.9 Å². The van der Waals surface area contributed by atoms with Crippen molar-refractivity contribution in [2.75, 3.05) is 16.8 Å². The summed E-state index contributed by atoms with van der Waals surface area (Å²) in [5, 5.41) is 11.2. The van der Waals surface area contributed by atoms with Gasteiger partial charge in [0, 0.05) is 25.1 Å². The number of thioether (sulfide) groups is 1. The summed E-state index contributed by atoms with van der Waals surface area (Å²) >= 11 is 1.93. The second kappa shape index (κ2) is 7.19. The zero-order chi connectivity index (χ0) is 18.9. The zero-order valence-electron chi connectivity index (χ0n) is 15.1. The Labute approximate surface area is 160 Å². The van der Waals surface area contributed by atoms with Gasteiger partial charge in [0.1, 0.15) is 5.52 Å². The molecule has 1 N–H and O–H groups in total. The molecule has 0 radical (unpaired) electrons. The van der Waals surface area contributed by atoms with Gasteiger partial charge in [-0.3, -0.25) is 9.59 Å². The Morgan fingerprint density at radius 1 is 1.26 bits per heavy atom. The van der Waals surface area contributed by atoms with Crippen molar-refractivity contribution >= 4 is 34.3 Å². The summed E-state index contributed by atoms with van der Waals surface area (Å²) in [6, 6.07) is 9.14. The summed E-state index contributed by atoms with van der Waals surface area (Å²) in [6.45, 7) is 0. The van der Waals surface area contributed by atoms with E-state index in [2.05, 4.69) is 20.2 Å². The number of nitrogens with one attached hydrogen (secondary N) is 1. The van der Waals surface area contributed by atoms with Gasteiger partial charge in [0.2, 0.25) is 5.91 Å². The molecule has 0 unspecified atom stereocenters. The number of carbonyl (C=O) groups excluding carboxylic acids is 1. The quantitative estimate of drug-likeness (QED) is 0.748. The number of anilines is 1. The number of hydrogen-bond acceptors (Lipinski definition) is 5. The fourth-order valence-electron chi connectivity index (χ4n) is 3.63. The third kappa shape index (κ3) is 3.49. The number of hydrogen-bond donors (Lipinski definition) is 1. The van der Waals surface area contributed by atoms with Crippen LogP contribution in [0.5, 0.6) is 0 Å². The first-order valence-electron chi connectivity index (χ1n) is 8.92. The van der Waals surface area contributed by atoms with Gasteiger partial charge in [-0.05, 0) is 54.7 Å². The van der Waals surface area contributed by atoms with Crippen LogP contribution in [0.4, 0.5) is 5.69 Å². The summed E-state index contributed by atoms with van der Waals surface area (Å²) in [4.78, 5) is 25.1. The molecule has 1 fully saturated rings. The molecule has 7 nitrogen and oxygen atoms in total. The zero-order valence-corrected chi connectivity index (χ0v) is 15.9. The molecule has 2 aromatic heterocycles. The van der Waals surface area contributed by atoms with Gasteiger partial charge in [-0.1, -0.05) is 5.21 Å². The van der Waals surface area contributed by atoms with E-state index >= 15 is 0 Å². The lowest BCUT2D eigenvalue weighted by molar-refractivity contribution is -0.118. The topological polar surface area (TPSA) is 81.8 Å². The largest absolute Gasteiger partial charge is 0.348 e. The van der Waals surface area contributed by atoms with Crippen molar-refractivity contribution in [2.45, 2.75) is 24.8 Å². The van der Waals surface area contributed by atoms with Crippen LogP contribution in [-0.2, 0) is 17.4 Å². The molecule has 3 aromatic rings. The third-order valence-corrected chi connectivity index (χ3v) is 6.14. The number of rotatable bonds is 4. The lowest BCUT2D eigenvalue weighted by atomic mass is 9.87. The molecule has 1 aromatic carbocycles. The van der Waals surface area contributed by atoms with Gasteiger partial charge in [0.25, 0.3) is 5.56 Å². The molecular formula is C19H21N5O2S. The van der Waals surface area contributed by atoms with Crippen LogP contribution in [0.3, 0.4) is 0 Å². The van der Waals surface area contributed by atoms with Crippen LogP contribution in [0.15, 0.2) is 47.5 Å². The van der Waals surface area contributed by atoms with Crippen molar-refractivity contribution in [3.05, 3.63) is 53.1 Å². The Kier molecular flexibility index (Phi) is 4.73. The molecule has 8 heteroatoms. The Morgan fingerprint density at radius 2 is 2.00 bits per heavy atom. The summed E-state index contributed by atoms with van der Waals surface area (Å²) < 4.78 is 3.37. The van der Waals surface area contributed by atoms with Gasteiger partial charge in [-0.2, -0.15) is 11.8 Å². The van der Waals surface area contributed by atoms with Crippen molar-refractivity contribution in [1.29, 1.82) is 0 Å². The molecule has 4 rings (SSSR count). The highest BCUT2D eigenvalue weighted by molar-refractivity contribution is 7.99.